The van der Waals surface area contributed by atoms with Gasteiger partial charge in [-0.15, -0.1) is 0 Å². The molecule has 1 aliphatic heterocycles. The average Bonchev–Trinajstić information content (AvgIpc) is 3.02. The van der Waals surface area contributed by atoms with E-state index in [-0.39, 0.29) is 0 Å². The van der Waals surface area contributed by atoms with Gasteiger partial charge in [-0.1, -0.05) is 12.1 Å². The van der Waals surface area contributed by atoms with Gasteiger partial charge in [-0.05, 0) is 36.6 Å². The maximum atomic E-state index is 5.23. The molecule has 0 N–H and O–H groups in total. The fourth-order valence-corrected chi connectivity index (χ4v) is 2.55. The highest BCUT2D eigenvalue weighted by molar-refractivity contribution is 5.69. The van der Waals surface area contributed by atoms with Crippen LogP contribution in [0, 0.1) is 0 Å². The lowest BCUT2D eigenvalue weighted by atomic mass is 10.1. The summed E-state index contributed by atoms with van der Waals surface area (Å²) in [6.07, 6.45) is 6.20. The highest BCUT2D eigenvalue weighted by Gasteiger charge is 2.12. The number of rotatable bonds is 3. The molecule has 1 fully saturated rings. The van der Waals surface area contributed by atoms with E-state index in [9.17, 15) is 0 Å². The largest absolute Gasteiger partial charge is 0.495 e. The lowest BCUT2D eigenvalue weighted by Gasteiger charge is -2.18. The topological polar surface area (TPSA) is 25.4 Å². The number of hydrogen-bond donors (Lipinski definition) is 0. The molecule has 0 atom stereocenters. The van der Waals surface area contributed by atoms with Crippen LogP contribution < -0.4 is 9.64 Å². The molecule has 98 valence electrons. The number of methoxy groups -OCH3 is 1. The first-order valence-electron chi connectivity index (χ1n) is 6.71. The lowest BCUT2D eigenvalue weighted by Crippen LogP contribution is -2.17. The van der Waals surface area contributed by atoms with Crippen LogP contribution in [0.5, 0.6) is 5.75 Å². The van der Waals surface area contributed by atoms with E-state index in [1.807, 2.05) is 12.3 Å². The van der Waals surface area contributed by atoms with Crippen molar-refractivity contribution in [2.75, 3.05) is 25.1 Å². The van der Waals surface area contributed by atoms with Crippen molar-refractivity contribution >= 4 is 5.69 Å². The van der Waals surface area contributed by atoms with E-state index < -0.39 is 0 Å². The standard InChI is InChI=1S/C16H18N2O/c1-19-16-10-14(11-17-12-16)13-5-4-6-15(9-13)18-7-2-3-8-18/h4-6,9-12H,2-3,7-8H2,1H3. The number of pyridine rings is 1. The number of benzene rings is 1. The summed E-state index contributed by atoms with van der Waals surface area (Å²) in [5.41, 5.74) is 3.59. The quantitative estimate of drug-likeness (QED) is 0.839. The first-order valence-corrected chi connectivity index (χ1v) is 6.71. The van der Waals surface area contributed by atoms with Gasteiger partial charge >= 0.3 is 0 Å². The number of hydrogen-bond acceptors (Lipinski definition) is 3. The molecule has 3 heteroatoms. The first-order chi connectivity index (χ1) is 9.36. The van der Waals surface area contributed by atoms with Gasteiger partial charge in [0.15, 0.2) is 0 Å². The summed E-state index contributed by atoms with van der Waals surface area (Å²) in [5, 5.41) is 0. The Morgan fingerprint density at radius 1 is 1.05 bits per heavy atom. The third-order valence-electron chi connectivity index (χ3n) is 3.60. The smallest absolute Gasteiger partial charge is 0.137 e. The Balaban J connectivity index is 1.93. The maximum absolute atomic E-state index is 5.23. The Labute approximate surface area is 113 Å². The van der Waals surface area contributed by atoms with Gasteiger partial charge in [0.1, 0.15) is 5.75 Å². The van der Waals surface area contributed by atoms with Crippen LogP contribution in [0.4, 0.5) is 5.69 Å². The second-order valence-electron chi connectivity index (χ2n) is 4.86. The molecule has 0 saturated carbocycles. The summed E-state index contributed by atoms with van der Waals surface area (Å²) >= 11 is 0. The van der Waals surface area contributed by atoms with Gasteiger partial charge in [-0.3, -0.25) is 4.98 Å². The van der Waals surface area contributed by atoms with Crippen molar-refractivity contribution in [1.82, 2.24) is 4.98 Å². The minimum absolute atomic E-state index is 0.795. The van der Waals surface area contributed by atoms with Gasteiger partial charge < -0.3 is 9.64 Å². The van der Waals surface area contributed by atoms with Gasteiger partial charge in [-0.25, -0.2) is 0 Å². The molecule has 3 nitrogen and oxygen atoms in total. The molecule has 1 aromatic heterocycles. The van der Waals surface area contributed by atoms with E-state index in [0.717, 1.165) is 11.3 Å². The van der Waals surface area contributed by atoms with Crippen LogP contribution >= 0.6 is 0 Å². The fraction of sp³-hybridized carbons (Fsp3) is 0.312. The van der Waals surface area contributed by atoms with Crippen molar-refractivity contribution in [2.24, 2.45) is 0 Å². The Morgan fingerprint density at radius 2 is 1.89 bits per heavy atom. The summed E-state index contributed by atoms with van der Waals surface area (Å²) in [6.45, 7) is 2.33. The van der Waals surface area contributed by atoms with Gasteiger partial charge in [0.05, 0.1) is 13.3 Å². The Hall–Kier alpha value is -2.03. The predicted molar refractivity (Wildman–Crippen MR) is 77.7 cm³/mol. The SMILES string of the molecule is COc1cncc(-c2cccc(N3CCCC3)c2)c1. The summed E-state index contributed by atoms with van der Waals surface area (Å²) in [7, 11) is 1.67. The molecule has 3 rings (SSSR count). The van der Waals surface area contributed by atoms with E-state index in [4.69, 9.17) is 4.74 Å². The Kier molecular flexibility index (Phi) is 3.36. The van der Waals surface area contributed by atoms with Gasteiger partial charge in [0.2, 0.25) is 0 Å². The molecular formula is C16H18N2O. The van der Waals surface area contributed by atoms with Crippen molar-refractivity contribution in [2.45, 2.75) is 12.8 Å². The number of nitrogens with zero attached hydrogens (tertiary/aromatic N) is 2. The first kappa shape index (κ1) is 12.0. The predicted octanol–water partition coefficient (Wildman–Crippen LogP) is 3.36. The Morgan fingerprint density at radius 3 is 2.68 bits per heavy atom. The van der Waals surface area contributed by atoms with Crippen LogP contribution in [0.1, 0.15) is 12.8 Å². The average molecular weight is 254 g/mol. The van der Waals surface area contributed by atoms with Crippen molar-refractivity contribution < 1.29 is 4.74 Å². The molecule has 1 aromatic carbocycles. The molecule has 1 aliphatic rings. The highest BCUT2D eigenvalue weighted by atomic mass is 16.5. The molecule has 0 bridgehead atoms. The molecule has 0 aliphatic carbocycles. The third-order valence-corrected chi connectivity index (χ3v) is 3.60. The van der Waals surface area contributed by atoms with Crippen LogP contribution in [0.3, 0.4) is 0 Å². The molecule has 0 radical (unpaired) electrons. The van der Waals surface area contributed by atoms with Crippen molar-refractivity contribution in [3.8, 4) is 16.9 Å². The van der Waals surface area contributed by atoms with Crippen molar-refractivity contribution in [3.63, 3.8) is 0 Å². The van der Waals surface area contributed by atoms with Gasteiger partial charge in [0, 0.05) is 30.5 Å². The number of aromatic nitrogens is 1. The Bertz CT molecular complexity index is 562. The zero-order chi connectivity index (χ0) is 13.1. The van der Waals surface area contributed by atoms with Crippen LogP contribution in [-0.2, 0) is 0 Å². The zero-order valence-electron chi connectivity index (χ0n) is 11.2. The molecule has 0 spiro atoms. The molecule has 0 amide bonds. The molecule has 2 aromatic rings. The number of ether oxygens (including phenoxy) is 1. The second-order valence-corrected chi connectivity index (χ2v) is 4.86. The molecule has 0 unspecified atom stereocenters. The fourth-order valence-electron chi connectivity index (χ4n) is 2.55. The van der Waals surface area contributed by atoms with E-state index in [0.29, 0.717) is 0 Å². The molecular weight excluding hydrogens is 236 g/mol. The summed E-state index contributed by atoms with van der Waals surface area (Å²) < 4.78 is 5.23. The molecule has 1 saturated heterocycles. The van der Waals surface area contributed by atoms with Gasteiger partial charge in [-0.2, -0.15) is 0 Å². The summed E-state index contributed by atoms with van der Waals surface area (Å²) in [5.74, 6) is 0.795. The monoisotopic (exact) mass is 254 g/mol. The van der Waals surface area contributed by atoms with Crippen LogP contribution in [0.15, 0.2) is 42.7 Å². The van der Waals surface area contributed by atoms with Crippen LogP contribution in [-0.4, -0.2) is 25.2 Å². The minimum Gasteiger partial charge on any atom is -0.495 e. The van der Waals surface area contributed by atoms with E-state index >= 15 is 0 Å². The maximum Gasteiger partial charge on any atom is 0.137 e. The highest BCUT2D eigenvalue weighted by Crippen LogP contribution is 2.28. The second kappa shape index (κ2) is 5.31. The van der Waals surface area contributed by atoms with Gasteiger partial charge in [0.25, 0.3) is 0 Å². The lowest BCUT2D eigenvalue weighted by molar-refractivity contribution is 0.413. The van der Waals surface area contributed by atoms with E-state index in [2.05, 4.69) is 34.1 Å². The number of anilines is 1. The van der Waals surface area contributed by atoms with Crippen LogP contribution in [0.2, 0.25) is 0 Å². The normalized spacial score (nSPS) is 14.7. The van der Waals surface area contributed by atoms with Crippen molar-refractivity contribution in [3.05, 3.63) is 42.7 Å². The summed E-state index contributed by atoms with van der Waals surface area (Å²) in [4.78, 5) is 6.66. The third kappa shape index (κ3) is 2.55. The molecule has 2 heterocycles. The zero-order valence-corrected chi connectivity index (χ0v) is 11.2. The molecule has 19 heavy (non-hydrogen) atoms. The van der Waals surface area contributed by atoms with E-state index in [1.54, 1.807) is 13.3 Å². The minimum atomic E-state index is 0.795. The van der Waals surface area contributed by atoms with Crippen molar-refractivity contribution in [1.29, 1.82) is 0 Å². The van der Waals surface area contributed by atoms with Crippen LogP contribution in [0.25, 0.3) is 11.1 Å². The summed E-state index contributed by atoms with van der Waals surface area (Å²) in [6, 6.07) is 10.7. The van der Waals surface area contributed by atoms with E-state index in [1.165, 1.54) is 37.2 Å².